The van der Waals surface area contributed by atoms with E-state index in [1.54, 1.807) is 0 Å². The predicted molar refractivity (Wildman–Crippen MR) is 99.7 cm³/mol. The summed E-state index contributed by atoms with van der Waals surface area (Å²) in [5, 5.41) is 7.60. The maximum atomic E-state index is 6.56. The van der Waals surface area contributed by atoms with E-state index in [1.807, 2.05) is 24.4 Å². The van der Waals surface area contributed by atoms with E-state index < -0.39 is 0 Å². The largest absolute Gasteiger partial charge is 0.354 e. The summed E-state index contributed by atoms with van der Waals surface area (Å²) in [5.74, 6) is 1.25. The van der Waals surface area contributed by atoms with E-state index in [2.05, 4.69) is 41.6 Å². The smallest absolute Gasteiger partial charge is 0.222 e. The van der Waals surface area contributed by atoms with Crippen molar-refractivity contribution in [3.05, 3.63) is 52.8 Å². The fraction of sp³-hybridized carbons (Fsp3) is 0.474. The van der Waals surface area contributed by atoms with Crippen LogP contribution in [0.4, 0.5) is 5.95 Å². The molecule has 0 atom stereocenters. The number of rotatable bonds is 5. The van der Waals surface area contributed by atoms with Crippen molar-refractivity contribution in [3.8, 4) is 0 Å². The molecule has 5 heteroatoms. The minimum atomic E-state index is -0.152. The van der Waals surface area contributed by atoms with Gasteiger partial charge in [-0.3, -0.25) is 0 Å². The zero-order valence-electron chi connectivity index (χ0n) is 14.3. The first-order chi connectivity index (χ1) is 11.6. The van der Waals surface area contributed by atoms with Gasteiger partial charge in [0.1, 0.15) is 0 Å². The zero-order chi connectivity index (χ0) is 17.0. The van der Waals surface area contributed by atoms with E-state index >= 15 is 0 Å². The van der Waals surface area contributed by atoms with E-state index in [9.17, 15) is 0 Å². The molecule has 24 heavy (non-hydrogen) atoms. The molecule has 0 bridgehead atoms. The van der Waals surface area contributed by atoms with E-state index in [1.165, 1.54) is 5.56 Å². The molecular formula is C19H25ClN4. The van der Waals surface area contributed by atoms with Gasteiger partial charge in [-0.15, -0.1) is 0 Å². The quantitative estimate of drug-likeness (QED) is 0.864. The standard InChI is InChI=1S/C19H25ClN4/c1-14(2)13-23-18-22-10-7-17(24-18)19(8-11-21-12-9-19)15-5-3-4-6-16(15)20/h3-7,10,14,21H,8-9,11-13H2,1-2H3,(H,22,23,24). The van der Waals surface area contributed by atoms with Crippen LogP contribution in [0.25, 0.3) is 0 Å². The molecule has 1 saturated heterocycles. The van der Waals surface area contributed by atoms with Crippen molar-refractivity contribution in [1.82, 2.24) is 15.3 Å². The number of aromatic nitrogens is 2. The van der Waals surface area contributed by atoms with E-state index in [0.717, 1.165) is 43.2 Å². The van der Waals surface area contributed by atoms with Crippen LogP contribution >= 0.6 is 11.6 Å². The molecule has 2 N–H and O–H groups in total. The summed E-state index contributed by atoms with van der Waals surface area (Å²) in [6, 6.07) is 10.2. The molecule has 2 heterocycles. The van der Waals surface area contributed by atoms with E-state index in [0.29, 0.717) is 11.9 Å². The summed E-state index contributed by atoms with van der Waals surface area (Å²) in [6.07, 6.45) is 3.82. The molecule has 1 fully saturated rings. The number of hydrogen-bond donors (Lipinski definition) is 2. The van der Waals surface area contributed by atoms with Crippen LogP contribution in [0.3, 0.4) is 0 Å². The second kappa shape index (κ2) is 7.49. The van der Waals surface area contributed by atoms with Crippen LogP contribution < -0.4 is 10.6 Å². The fourth-order valence-electron chi connectivity index (χ4n) is 3.37. The molecule has 0 radical (unpaired) electrons. The Kier molecular flexibility index (Phi) is 5.36. The van der Waals surface area contributed by atoms with Gasteiger partial charge in [0.15, 0.2) is 0 Å². The van der Waals surface area contributed by atoms with Crippen LogP contribution in [0.2, 0.25) is 5.02 Å². The molecule has 2 aromatic rings. The van der Waals surface area contributed by atoms with Gasteiger partial charge in [-0.25, -0.2) is 9.97 Å². The van der Waals surface area contributed by atoms with Gasteiger partial charge in [0.2, 0.25) is 5.95 Å². The molecule has 0 aliphatic carbocycles. The number of anilines is 1. The highest BCUT2D eigenvalue weighted by molar-refractivity contribution is 6.31. The van der Waals surface area contributed by atoms with Crippen LogP contribution in [0.5, 0.6) is 0 Å². The van der Waals surface area contributed by atoms with Crippen molar-refractivity contribution in [2.24, 2.45) is 5.92 Å². The first-order valence-corrected chi connectivity index (χ1v) is 9.03. The lowest BCUT2D eigenvalue weighted by Crippen LogP contribution is -2.41. The first-order valence-electron chi connectivity index (χ1n) is 8.65. The van der Waals surface area contributed by atoms with Gasteiger partial charge in [0.25, 0.3) is 0 Å². The van der Waals surface area contributed by atoms with Crippen molar-refractivity contribution in [1.29, 1.82) is 0 Å². The Hall–Kier alpha value is -1.65. The summed E-state index contributed by atoms with van der Waals surface area (Å²) in [4.78, 5) is 9.23. The van der Waals surface area contributed by atoms with Crippen molar-refractivity contribution in [2.75, 3.05) is 25.0 Å². The van der Waals surface area contributed by atoms with Crippen molar-refractivity contribution in [2.45, 2.75) is 32.1 Å². The second-order valence-corrected chi connectivity index (χ2v) is 7.26. The Morgan fingerprint density at radius 1 is 1.21 bits per heavy atom. The normalized spacial score (nSPS) is 17.0. The molecule has 0 saturated carbocycles. The third kappa shape index (κ3) is 3.55. The number of hydrogen-bond acceptors (Lipinski definition) is 4. The lowest BCUT2D eigenvalue weighted by molar-refractivity contribution is 0.354. The average molecular weight is 345 g/mol. The summed E-state index contributed by atoms with van der Waals surface area (Å²) in [7, 11) is 0. The highest BCUT2D eigenvalue weighted by atomic mass is 35.5. The van der Waals surface area contributed by atoms with Crippen LogP contribution in [-0.4, -0.2) is 29.6 Å². The van der Waals surface area contributed by atoms with Gasteiger partial charge < -0.3 is 10.6 Å². The third-order valence-electron chi connectivity index (χ3n) is 4.66. The Labute approximate surface area is 149 Å². The van der Waals surface area contributed by atoms with Gasteiger partial charge in [0, 0.05) is 23.2 Å². The molecule has 0 spiro atoms. The fourth-order valence-corrected chi connectivity index (χ4v) is 3.69. The topological polar surface area (TPSA) is 49.8 Å². The number of nitrogens with one attached hydrogen (secondary N) is 2. The van der Waals surface area contributed by atoms with Crippen molar-refractivity contribution in [3.63, 3.8) is 0 Å². The molecule has 1 aliphatic heterocycles. The maximum Gasteiger partial charge on any atom is 0.222 e. The molecule has 1 aromatic heterocycles. The van der Waals surface area contributed by atoms with Crippen molar-refractivity contribution >= 4 is 17.5 Å². The number of benzene rings is 1. The molecule has 128 valence electrons. The Morgan fingerprint density at radius 3 is 2.67 bits per heavy atom. The van der Waals surface area contributed by atoms with Crippen LogP contribution in [0.15, 0.2) is 36.5 Å². The monoisotopic (exact) mass is 344 g/mol. The number of nitrogens with zero attached hydrogens (tertiary/aromatic N) is 2. The van der Waals surface area contributed by atoms with Crippen LogP contribution in [0.1, 0.15) is 37.9 Å². The average Bonchev–Trinajstić information content (AvgIpc) is 2.61. The minimum absolute atomic E-state index is 0.152. The molecular weight excluding hydrogens is 320 g/mol. The van der Waals surface area contributed by atoms with Crippen molar-refractivity contribution < 1.29 is 0 Å². The number of piperidine rings is 1. The Bertz CT molecular complexity index is 681. The SMILES string of the molecule is CC(C)CNc1nccc(C2(c3ccccc3Cl)CCNCC2)n1. The zero-order valence-corrected chi connectivity index (χ0v) is 15.1. The predicted octanol–water partition coefficient (Wildman–Crippen LogP) is 3.87. The molecule has 4 nitrogen and oxygen atoms in total. The van der Waals surface area contributed by atoms with Crippen LogP contribution in [0, 0.1) is 5.92 Å². The highest BCUT2D eigenvalue weighted by Crippen LogP contribution is 2.42. The molecule has 1 aliphatic rings. The first kappa shape index (κ1) is 17.2. The lowest BCUT2D eigenvalue weighted by atomic mass is 9.70. The molecule has 0 unspecified atom stereocenters. The molecule has 1 aromatic carbocycles. The summed E-state index contributed by atoms with van der Waals surface area (Å²) >= 11 is 6.56. The molecule has 0 amide bonds. The minimum Gasteiger partial charge on any atom is -0.354 e. The van der Waals surface area contributed by atoms with E-state index in [4.69, 9.17) is 16.6 Å². The van der Waals surface area contributed by atoms with Gasteiger partial charge >= 0.3 is 0 Å². The Morgan fingerprint density at radius 2 is 1.96 bits per heavy atom. The van der Waals surface area contributed by atoms with Gasteiger partial charge in [-0.05, 0) is 49.5 Å². The van der Waals surface area contributed by atoms with Gasteiger partial charge in [-0.1, -0.05) is 43.6 Å². The summed E-state index contributed by atoms with van der Waals surface area (Å²) in [6.45, 7) is 7.14. The Balaban J connectivity index is 2.01. The van der Waals surface area contributed by atoms with Gasteiger partial charge in [0.05, 0.1) is 5.69 Å². The number of halogens is 1. The summed E-state index contributed by atoms with van der Waals surface area (Å²) < 4.78 is 0. The summed E-state index contributed by atoms with van der Waals surface area (Å²) in [5.41, 5.74) is 2.07. The van der Waals surface area contributed by atoms with Crippen LogP contribution in [-0.2, 0) is 5.41 Å². The van der Waals surface area contributed by atoms with Gasteiger partial charge in [-0.2, -0.15) is 0 Å². The lowest BCUT2D eigenvalue weighted by Gasteiger charge is -2.38. The maximum absolute atomic E-state index is 6.56. The highest BCUT2D eigenvalue weighted by Gasteiger charge is 2.38. The molecule has 3 rings (SSSR count). The third-order valence-corrected chi connectivity index (χ3v) is 4.99. The van der Waals surface area contributed by atoms with E-state index in [-0.39, 0.29) is 5.41 Å². The second-order valence-electron chi connectivity index (χ2n) is 6.85.